The zero-order valence-electron chi connectivity index (χ0n) is 7.29. The van der Waals surface area contributed by atoms with Crippen LogP contribution in [0.3, 0.4) is 0 Å². The summed E-state index contributed by atoms with van der Waals surface area (Å²) in [5.74, 6) is 0. The second-order valence-corrected chi connectivity index (χ2v) is 2.42. The molecule has 0 aromatic carbocycles. The lowest BCUT2D eigenvalue weighted by Crippen LogP contribution is -2.10. The van der Waals surface area contributed by atoms with Crippen LogP contribution in [-0.4, -0.2) is 23.0 Å². The first kappa shape index (κ1) is 8.58. The van der Waals surface area contributed by atoms with Crippen molar-refractivity contribution < 1.29 is 9.53 Å². The number of hydrogen-bond donors (Lipinski definition) is 1. The minimum atomic E-state index is -0.480. The summed E-state index contributed by atoms with van der Waals surface area (Å²) in [5.41, 5.74) is 1.44. The quantitative estimate of drug-likeness (QED) is 0.679. The van der Waals surface area contributed by atoms with Crippen LogP contribution in [0, 0.1) is 6.92 Å². The summed E-state index contributed by atoms with van der Waals surface area (Å²) < 4.78 is 6.06. The van der Waals surface area contributed by atoms with E-state index in [1.807, 2.05) is 6.92 Å². The van der Waals surface area contributed by atoms with Gasteiger partial charge in [-0.15, -0.1) is 0 Å². The lowest BCUT2D eigenvalue weighted by atomic mass is 10.4. The van der Waals surface area contributed by atoms with E-state index in [0.29, 0.717) is 5.69 Å². The molecule has 0 aliphatic rings. The summed E-state index contributed by atoms with van der Waals surface area (Å²) in [6.45, 7) is 1.81. The Balaban J connectivity index is 2.75. The van der Waals surface area contributed by atoms with Crippen molar-refractivity contribution >= 4 is 11.8 Å². The molecule has 1 aromatic rings. The van der Waals surface area contributed by atoms with Crippen LogP contribution in [0.4, 0.5) is 10.5 Å². The van der Waals surface area contributed by atoms with Crippen molar-refractivity contribution in [3.05, 3.63) is 11.9 Å². The van der Waals surface area contributed by atoms with Gasteiger partial charge in [0.2, 0.25) is 0 Å². The van der Waals surface area contributed by atoms with Gasteiger partial charge in [-0.2, -0.15) is 5.10 Å². The number of carbonyl (C=O) groups excluding carboxylic acids is 1. The van der Waals surface area contributed by atoms with Gasteiger partial charge in [-0.25, -0.2) is 4.79 Å². The summed E-state index contributed by atoms with van der Waals surface area (Å²) in [4.78, 5) is 10.8. The SMILES string of the molecule is COC(=O)Nc1cn(C)nc1C. The number of nitrogens with one attached hydrogen (secondary N) is 1. The van der Waals surface area contributed by atoms with E-state index in [1.54, 1.807) is 17.9 Å². The maximum atomic E-state index is 10.8. The number of nitrogens with zero attached hydrogens (tertiary/aromatic N) is 2. The number of anilines is 1. The summed E-state index contributed by atoms with van der Waals surface area (Å²) in [6.07, 6.45) is 1.23. The van der Waals surface area contributed by atoms with E-state index in [9.17, 15) is 4.79 Å². The molecule has 0 aliphatic carbocycles. The first-order valence-corrected chi connectivity index (χ1v) is 3.48. The number of rotatable bonds is 1. The Morgan fingerprint density at radius 1 is 1.75 bits per heavy atom. The molecule has 1 rings (SSSR count). The predicted octanol–water partition coefficient (Wildman–Crippen LogP) is 0.907. The van der Waals surface area contributed by atoms with Gasteiger partial charge in [-0.1, -0.05) is 0 Å². The van der Waals surface area contributed by atoms with Crippen LogP contribution in [0.5, 0.6) is 0 Å². The molecule has 1 heterocycles. The molecule has 0 bridgehead atoms. The zero-order chi connectivity index (χ0) is 9.14. The third-order valence-corrected chi connectivity index (χ3v) is 1.44. The fourth-order valence-corrected chi connectivity index (χ4v) is 0.883. The lowest BCUT2D eigenvalue weighted by Gasteiger charge is -1.99. The van der Waals surface area contributed by atoms with Crippen molar-refractivity contribution in [2.45, 2.75) is 6.92 Å². The Bertz CT molecular complexity index is 293. The number of aryl methyl sites for hydroxylation is 2. The molecule has 1 aromatic heterocycles. The van der Waals surface area contributed by atoms with Crippen LogP contribution < -0.4 is 5.32 Å². The highest BCUT2D eigenvalue weighted by atomic mass is 16.5. The van der Waals surface area contributed by atoms with Gasteiger partial charge in [0, 0.05) is 13.2 Å². The minimum absolute atomic E-state index is 0.480. The number of hydrogen-bond acceptors (Lipinski definition) is 3. The van der Waals surface area contributed by atoms with Crippen molar-refractivity contribution in [1.29, 1.82) is 0 Å². The Morgan fingerprint density at radius 3 is 2.83 bits per heavy atom. The van der Waals surface area contributed by atoms with Crippen LogP contribution in [0.15, 0.2) is 6.20 Å². The van der Waals surface area contributed by atoms with E-state index in [0.717, 1.165) is 5.69 Å². The van der Waals surface area contributed by atoms with Crippen molar-refractivity contribution in [2.75, 3.05) is 12.4 Å². The molecule has 5 heteroatoms. The second kappa shape index (κ2) is 3.25. The molecule has 5 nitrogen and oxygen atoms in total. The van der Waals surface area contributed by atoms with E-state index in [-0.39, 0.29) is 0 Å². The van der Waals surface area contributed by atoms with Gasteiger partial charge in [0.25, 0.3) is 0 Å². The average molecular weight is 169 g/mol. The topological polar surface area (TPSA) is 56.1 Å². The molecule has 0 unspecified atom stereocenters. The van der Waals surface area contributed by atoms with E-state index < -0.39 is 6.09 Å². The van der Waals surface area contributed by atoms with Crippen LogP contribution >= 0.6 is 0 Å². The van der Waals surface area contributed by atoms with E-state index in [4.69, 9.17) is 0 Å². The number of ether oxygens (including phenoxy) is 1. The zero-order valence-corrected chi connectivity index (χ0v) is 7.29. The number of methoxy groups -OCH3 is 1. The molecular formula is C7H11N3O2. The summed E-state index contributed by atoms with van der Waals surface area (Å²) in [5, 5.41) is 6.58. The standard InChI is InChI=1S/C7H11N3O2/c1-5-6(4-10(2)9-5)8-7(11)12-3/h4H,1-3H3,(H,8,11). The van der Waals surface area contributed by atoms with Gasteiger partial charge < -0.3 is 4.74 Å². The smallest absolute Gasteiger partial charge is 0.411 e. The Kier molecular flexibility index (Phi) is 2.32. The summed E-state index contributed by atoms with van der Waals surface area (Å²) in [7, 11) is 3.11. The highest BCUT2D eigenvalue weighted by Gasteiger charge is 2.05. The largest absolute Gasteiger partial charge is 0.453 e. The second-order valence-electron chi connectivity index (χ2n) is 2.42. The third-order valence-electron chi connectivity index (χ3n) is 1.44. The third kappa shape index (κ3) is 1.75. The molecule has 0 fully saturated rings. The van der Waals surface area contributed by atoms with Crippen LogP contribution in [0.1, 0.15) is 5.69 Å². The van der Waals surface area contributed by atoms with E-state index >= 15 is 0 Å². The highest BCUT2D eigenvalue weighted by molar-refractivity contribution is 5.84. The van der Waals surface area contributed by atoms with Crippen molar-refractivity contribution in [1.82, 2.24) is 9.78 Å². The fourth-order valence-electron chi connectivity index (χ4n) is 0.883. The molecule has 0 aliphatic heterocycles. The Labute approximate surface area is 70.3 Å². The molecule has 0 saturated heterocycles. The highest BCUT2D eigenvalue weighted by Crippen LogP contribution is 2.10. The van der Waals surface area contributed by atoms with Gasteiger partial charge in [-0.3, -0.25) is 10.00 Å². The molecule has 1 N–H and O–H groups in total. The molecule has 12 heavy (non-hydrogen) atoms. The molecule has 0 atom stereocenters. The maximum Gasteiger partial charge on any atom is 0.411 e. The average Bonchev–Trinajstić information content (AvgIpc) is 2.30. The van der Waals surface area contributed by atoms with Crippen LogP contribution in [-0.2, 0) is 11.8 Å². The van der Waals surface area contributed by atoms with Gasteiger partial charge in [0.1, 0.15) is 0 Å². The molecular weight excluding hydrogens is 158 g/mol. The molecule has 1 amide bonds. The Hall–Kier alpha value is -1.52. The van der Waals surface area contributed by atoms with Gasteiger partial charge in [-0.05, 0) is 6.92 Å². The van der Waals surface area contributed by atoms with E-state index in [2.05, 4.69) is 15.2 Å². The number of amides is 1. The number of aromatic nitrogens is 2. The Morgan fingerprint density at radius 2 is 2.42 bits per heavy atom. The molecule has 0 saturated carbocycles. The first-order chi connectivity index (χ1) is 5.63. The van der Waals surface area contributed by atoms with Crippen molar-refractivity contribution in [3.8, 4) is 0 Å². The van der Waals surface area contributed by atoms with Gasteiger partial charge in [0.05, 0.1) is 18.5 Å². The van der Waals surface area contributed by atoms with Crippen molar-refractivity contribution in [2.24, 2.45) is 7.05 Å². The van der Waals surface area contributed by atoms with Crippen LogP contribution in [0.25, 0.3) is 0 Å². The molecule has 0 spiro atoms. The minimum Gasteiger partial charge on any atom is -0.453 e. The predicted molar refractivity (Wildman–Crippen MR) is 44.0 cm³/mol. The van der Waals surface area contributed by atoms with Crippen molar-refractivity contribution in [3.63, 3.8) is 0 Å². The fraction of sp³-hybridized carbons (Fsp3) is 0.429. The maximum absolute atomic E-state index is 10.8. The normalized spacial score (nSPS) is 9.58. The monoisotopic (exact) mass is 169 g/mol. The lowest BCUT2D eigenvalue weighted by molar-refractivity contribution is 0.187. The molecule has 0 radical (unpaired) electrons. The number of carbonyl (C=O) groups is 1. The summed E-state index contributed by atoms with van der Waals surface area (Å²) in [6, 6.07) is 0. The first-order valence-electron chi connectivity index (χ1n) is 3.48. The van der Waals surface area contributed by atoms with Gasteiger partial charge >= 0.3 is 6.09 Å². The molecule has 66 valence electrons. The van der Waals surface area contributed by atoms with E-state index in [1.165, 1.54) is 7.11 Å². The van der Waals surface area contributed by atoms with Crippen LogP contribution in [0.2, 0.25) is 0 Å². The summed E-state index contributed by atoms with van der Waals surface area (Å²) >= 11 is 0. The van der Waals surface area contributed by atoms with Gasteiger partial charge in [0.15, 0.2) is 0 Å².